The van der Waals surface area contributed by atoms with Crippen molar-refractivity contribution in [3.63, 3.8) is 0 Å². The fourth-order valence-corrected chi connectivity index (χ4v) is 3.37. The zero-order chi connectivity index (χ0) is 14.6. The minimum Gasteiger partial charge on any atom is -0.481 e. The molecule has 0 radical (unpaired) electrons. The van der Waals surface area contributed by atoms with Gasteiger partial charge in [0.1, 0.15) is 0 Å². The summed E-state index contributed by atoms with van der Waals surface area (Å²) in [6.45, 7) is 11.9. The Kier molecular flexibility index (Phi) is 5.84. The smallest absolute Gasteiger partial charge is 0.304 e. The fraction of sp³-hybridized carbons (Fsp3) is 0.938. The number of aliphatic carboxylic acids is 1. The highest BCUT2D eigenvalue weighted by Crippen LogP contribution is 2.35. The first kappa shape index (κ1) is 16.5. The number of hydrogen-bond donors (Lipinski definition) is 1. The molecule has 1 fully saturated rings. The maximum atomic E-state index is 10.9. The van der Waals surface area contributed by atoms with Crippen molar-refractivity contribution in [2.75, 3.05) is 6.54 Å². The molecular formula is C16H31NO2. The van der Waals surface area contributed by atoms with Gasteiger partial charge in [-0.2, -0.15) is 0 Å². The van der Waals surface area contributed by atoms with Crippen LogP contribution in [0.5, 0.6) is 0 Å². The van der Waals surface area contributed by atoms with Crippen molar-refractivity contribution in [1.29, 1.82) is 0 Å². The zero-order valence-corrected chi connectivity index (χ0v) is 13.3. The van der Waals surface area contributed by atoms with Crippen molar-refractivity contribution in [3.05, 3.63) is 0 Å². The van der Waals surface area contributed by atoms with Crippen LogP contribution >= 0.6 is 0 Å². The van der Waals surface area contributed by atoms with E-state index in [1.807, 2.05) is 0 Å². The second-order valence-corrected chi connectivity index (χ2v) is 7.33. The maximum Gasteiger partial charge on any atom is 0.304 e. The molecule has 112 valence electrons. The lowest BCUT2D eigenvalue weighted by molar-refractivity contribution is -0.137. The van der Waals surface area contributed by atoms with Gasteiger partial charge in [-0.3, -0.25) is 9.69 Å². The largest absolute Gasteiger partial charge is 0.481 e. The Morgan fingerprint density at radius 1 is 1.32 bits per heavy atom. The molecular weight excluding hydrogens is 238 g/mol. The van der Waals surface area contributed by atoms with Gasteiger partial charge in [-0.15, -0.1) is 0 Å². The third-order valence-electron chi connectivity index (χ3n) is 4.50. The Bertz CT molecular complexity index is 294. The summed E-state index contributed by atoms with van der Waals surface area (Å²) in [4.78, 5) is 13.3. The van der Waals surface area contributed by atoms with Crippen LogP contribution < -0.4 is 0 Å². The maximum absolute atomic E-state index is 10.9. The molecule has 1 saturated carbocycles. The van der Waals surface area contributed by atoms with E-state index in [2.05, 4.69) is 39.5 Å². The first-order chi connectivity index (χ1) is 8.71. The molecule has 2 atom stereocenters. The molecule has 0 spiro atoms. The van der Waals surface area contributed by atoms with E-state index in [-0.39, 0.29) is 12.0 Å². The van der Waals surface area contributed by atoms with Gasteiger partial charge in [0.25, 0.3) is 0 Å². The molecule has 2 unspecified atom stereocenters. The van der Waals surface area contributed by atoms with Crippen LogP contribution in [0, 0.1) is 11.8 Å². The van der Waals surface area contributed by atoms with Gasteiger partial charge in [0.15, 0.2) is 0 Å². The Hall–Kier alpha value is -0.570. The molecule has 19 heavy (non-hydrogen) atoms. The van der Waals surface area contributed by atoms with Crippen molar-refractivity contribution in [2.45, 2.75) is 78.3 Å². The summed E-state index contributed by atoms with van der Waals surface area (Å²) in [5.41, 5.74) is 0.0545. The number of carboxylic acids is 1. The average Bonchev–Trinajstić information content (AvgIpc) is 2.27. The van der Waals surface area contributed by atoms with Gasteiger partial charge < -0.3 is 5.11 Å². The quantitative estimate of drug-likeness (QED) is 0.825. The minimum absolute atomic E-state index is 0.0545. The van der Waals surface area contributed by atoms with E-state index < -0.39 is 5.97 Å². The molecule has 0 amide bonds. The number of carbonyl (C=O) groups is 1. The molecule has 0 aromatic heterocycles. The summed E-state index contributed by atoms with van der Waals surface area (Å²) in [7, 11) is 0. The highest BCUT2D eigenvalue weighted by molar-refractivity contribution is 5.66. The van der Waals surface area contributed by atoms with Crippen molar-refractivity contribution in [1.82, 2.24) is 4.90 Å². The average molecular weight is 269 g/mol. The SMILES string of the molecule is CC(C)C1CCCC(N(CCC(=O)O)C(C)(C)C)C1. The Morgan fingerprint density at radius 3 is 2.42 bits per heavy atom. The van der Waals surface area contributed by atoms with Crippen molar-refractivity contribution < 1.29 is 9.90 Å². The van der Waals surface area contributed by atoms with Gasteiger partial charge in [-0.1, -0.05) is 26.7 Å². The van der Waals surface area contributed by atoms with Crippen LogP contribution in [0.3, 0.4) is 0 Å². The van der Waals surface area contributed by atoms with Gasteiger partial charge in [0.05, 0.1) is 6.42 Å². The molecule has 0 saturated heterocycles. The van der Waals surface area contributed by atoms with E-state index in [0.717, 1.165) is 11.8 Å². The number of carboxylic acid groups (broad SMARTS) is 1. The first-order valence-electron chi connectivity index (χ1n) is 7.70. The third-order valence-corrected chi connectivity index (χ3v) is 4.50. The van der Waals surface area contributed by atoms with Crippen LogP contribution in [0.4, 0.5) is 0 Å². The highest BCUT2D eigenvalue weighted by Gasteiger charge is 2.33. The molecule has 0 bridgehead atoms. The predicted octanol–water partition coefficient (Wildman–Crippen LogP) is 3.78. The first-order valence-corrected chi connectivity index (χ1v) is 7.70. The molecule has 1 aliphatic carbocycles. The minimum atomic E-state index is -0.689. The van der Waals surface area contributed by atoms with Crippen LogP contribution in [0.25, 0.3) is 0 Å². The van der Waals surface area contributed by atoms with Crippen molar-refractivity contribution in [3.8, 4) is 0 Å². The van der Waals surface area contributed by atoms with Gasteiger partial charge in [0, 0.05) is 18.1 Å². The summed E-state index contributed by atoms with van der Waals surface area (Å²) in [6.07, 6.45) is 5.33. The molecule has 1 rings (SSSR count). The molecule has 0 aliphatic heterocycles. The highest BCUT2D eigenvalue weighted by atomic mass is 16.4. The van der Waals surface area contributed by atoms with Crippen molar-refractivity contribution >= 4 is 5.97 Å². The lowest BCUT2D eigenvalue weighted by Crippen LogP contribution is -2.50. The standard InChI is InChI=1S/C16H31NO2/c1-12(2)13-7-6-8-14(11-13)17(16(3,4)5)10-9-15(18)19/h12-14H,6-11H2,1-5H3,(H,18,19). The van der Waals surface area contributed by atoms with Gasteiger partial charge >= 0.3 is 5.97 Å². The number of hydrogen-bond acceptors (Lipinski definition) is 2. The van der Waals surface area contributed by atoms with E-state index >= 15 is 0 Å². The number of rotatable bonds is 5. The van der Waals surface area contributed by atoms with E-state index in [4.69, 9.17) is 5.11 Å². The summed E-state index contributed by atoms with van der Waals surface area (Å²) in [5, 5.41) is 8.94. The Labute approximate surface area is 118 Å². The van der Waals surface area contributed by atoms with Crippen LogP contribution in [-0.4, -0.2) is 34.1 Å². The Balaban J connectivity index is 2.71. The van der Waals surface area contributed by atoms with Gasteiger partial charge in [0.2, 0.25) is 0 Å². The summed E-state index contributed by atoms with van der Waals surface area (Å²) < 4.78 is 0. The zero-order valence-electron chi connectivity index (χ0n) is 13.3. The van der Waals surface area contributed by atoms with Crippen LogP contribution in [0.15, 0.2) is 0 Å². The van der Waals surface area contributed by atoms with E-state index in [9.17, 15) is 4.79 Å². The second kappa shape index (κ2) is 6.74. The Morgan fingerprint density at radius 2 is 1.95 bits per heavy atom. The number of nitrogens with zero attached hydrogens (tertiary/aromatic N) is 1. The van der Waals surface area contributed by atoms with E-state index in [0.29, 0.717) is 12.6 Å². The molecule has 0 aromatic rings. The van der Waals surface area contributed by atoms with Crippen molar-refractivity contribution in [2.24, 2.45) is 11.8 Å². The van der Waals surface area contributed by atoms with Crippen LogP contribution in [0.1, 0.15) is 66.7 Å². The molecule has 3 heteroatoms. The van der Waals surface area contributed by atoms with E-state index in [1.165, 1.54) is 25.7 Å². The summed E-state index contributed by atoms with van der Waals surface area (Å²) in [5.74, 6) is 0.850. The summed E-state index contributed by atoms with van der Waals surface area (Å²) in [6, 6.07) is 0.556. The van der Waals surface area contributed by atoms with Gasteiger partial charge in [-0.05, 0) is 45.4 Å². The molecule has 1 N–H and O–H groups in total. The molecule has 1 aliphatic rings. The third kappa shape index (κ3) is 5.13. The molecule has 0 aromatic carbocycles. The second-order valence-electron chi connectivity index (χ2n) is 7.33. The van der Waals surface area contributed by atoms with E-state index in [1.54, 1.807) is 0 Å². The molecule has 0 heterocycles. The fourth-order valence-electron chi connectivity index (χ4n) is 3.37. The molecule has 3 nitrogen and oxygen atoms in total. The predicted molar refractivity (Wildman–Crippen MR) is 79.3 cm³/mol. The summed E-state index contributed by atoms with van der Waals surface area (Å²) >= 11 is 0. The topological polar surface area (TPSA) is 40.5 Å². The normalized spacial score (nSPS) is 25.0. The van der Waals surface area contributed by atoms with Crippen LogP contribution in [-0.2, 0) is 4.79 Å². The lowest BCUT2D eigenvalue weighted by Gasteiger charge is -2.45. The van der Waals surface area contributed by atoms with Crippen LogP contribution in [0.2, 0.25) is 0 Å². The van der Waals surface area contributed by atoms with Gasteiger partial charge in [-0.25, -0.2) is 0 Å². The lowest BCUT2D eigenvalue weighted by atomic mass is 9.78. The monoisotopic (exact) mass is 269 g/mol.